The van der Waals surface area contributed by atoms with Gasteiger partial charge in [0, 0.05) is 25.2 Å². The number of furan rings is 1. The summed E-state index contributed by atoms with van der Waals surface area (Å²) in [5, 5.41) is 10.5. The third-order valence-corrected chi connectivity index (χ3v) is 4.32. The van der Waals surface area contributed by atoms with E-state index >= 15 is 0 Å². The number of rotatable bonds is 7. The Morgan fingerprint density at radius 2 is 2.30 bits per heavy atom. The molecule has 1 aliphatic rings. The van der Waals surface area contributed by atoms with Crippen LogP contribution >= 0.6 is 0 Å². The summed E-state index contributed by atoms with van der Waals surface area (Å²) in [7, 11) is 2.03. The van der Waals surface area contributed by atoms with Crippen molar-refractivity contribution in [3.8, 4) is 0 Å². The molecule has 0 unspecified atom stereocenters. The average molecular weight is 316 g/mol. The molecule has 0 spiro atoms. The van der Waals surface area contributed by atoms with E-state index in [1.807, 2.05) is 19.2 Å². The first-order chi connectivity index (χ1) is 11.2. The van der Waals surface area contributed by atoms with Crippen molar-refractivity contribution < 1.29 is 9.21 Å². The van der Waals surface area contributed by atoms with E-state index in [0.29, 0.717) is 19.5 Å². The number of aryl methyl sites for hydroxylation is 1. The minimum Gasteiger partial charge on any atom is -0.467 e. The highest BCUT2D eigenvalue weighted by Gasteiger charge is 2.17. The summed E-state index contributed by atoms with van der Waals surface area (Å²) in [5.74, 6) is 0.812. The Labute approximate surface area is 136 Å². The molecule has 0 saturated carbocycles. The third kappa shape index (κ3) is 4.22. The predicted octanol–water partition coefficient (Wildman–Crippen LogP) is 2.02. The zero-order valence-corrected chi connectivity index (χ0v) is 13.6. The van der Waals surface area contributed by atoms with Crippen LogP contribution < -0.4 is 5.32 Å². The van der Waals surface area contributed by atoms with Gasteiger partial charge >= 0.3 is 0 Å². The van der Waals surface area contributed by atoms with Crippen LogP contribution in [0.4, 0.5) is 0 Å². The molecule has 2 heterocycles. The van der Waals surface area contributed by atoms with Gasteiger partial charge in [0.05, 0.1) is 18.5 Å². The van der Waals surface area contributed by atoms with Crippen LogP contribution in [0.2, 0.25) is 0 Å². The molecule has 0 atom stereocenters. The lowest BCUT2D eigenvalue weighted by Crippen LogP contribution is -2.28. The molecule has 0 bridgehead atoms. The van der Waals surface area contributed by atoms with Gasteiger partial charge < -0.3 is 9.73 Å². The van der Waals surface area contributed by atoms with Crippen LogP contribution in [-0.4, -0.2) is 34.6 Å². The SMILES string of the molecule is CN(CCC(=O)NCc1ccco1)Cc1n[nH]c2c1CCCC2. The van der Waals surface area contributed by atoms with Gasteiger partial charge in [0.15, 0.2) is 0 Å². The standard InChI is InChI=1S/C17H24N4O2/c1-21(9-8-17(22)18-11-13-5-4-10-23-13)12-16-14-6-2-3-7-15(14)19-20-16/h4-5,10H,2-3,6-9,11-12H2,1H3,(H,18,22)(H,19,20). The Balaban J connectivity index is 1.41. The van der Waals surface area contributed by atoms with Crippen LogP contribution in [0, 0.1) is 0 Å². The van der Waals surface area contributed by atoms with E-state index in [2.05, 4.69) is 20.4 Å². The van der Waals surface area contributed by atoms with E-state index in [1.54, 1.807) is 6.26 Å². The minimum atomic E-state index is 0.0392. The Morgan fingerprint density at radius 1 is 1.43 bits per heavy atom. The Bertz CT molecular complexity index is 633. The summed E-state index contributed by atoms with van der Waals surface area (Å²) in [5.41, 5.74) is 3.83. The third-order valence-electron chi connectivity index (χ3n) is 4.32. The summed E-state index contributed by atoms with van der Waals surface area (Å²) in [6.07, 6.45) is 6.82. The Hall–Kier alpha value is -2.08. The maximum Gasteiger partial charge on any atom is 0.221 e. The highest BCUT2D eigenvalue weighted by atomic mass is 16.3. The second-order valence-electron chi connectivity index (χ2n) is 6.18. The lowest BCUT2D eigenvalue weighted by molar-refractivity contribution is -0.121. The topological polar surface area (TPSA) is 74.2 Å². The average Bonchev–Trinajstić information content (AvgIpc) is 3.21. The Morgan fingerprint density at radius 3 is 3.13 bits per heavy atom. The van der Waals surface area contributed by atoms with Gasteiger partial charge in [0.1, 0.15) is 5.76 Å². The molecule has 0 aliphatic heterocycles. The van der Waals surface area contributed by atoms with Crippen LogP contribution in [0.15, 0.2) is 22.8 Å². The van der Waals surface area contributed by atoms with E-state index in [1.165, 1.54) is 24.1 Å². The second kappa shape index (κ2) is 7.46. The molecule has 6 nitrogen and oxygen atoms in total. The van der Waals surface area contributed by atoms with Gasteiger partial charge in [-0.3, -0.25) is 14.8 Å². The molecule has 6 heteroatoms. The lowest BCUT2D eigenvalue weighted by Gasteiger charge is -2.17. The molecule has 2 N–H and O–H groups in total. The summed E-state index contributed by atoms with van der Waals surface area (Å²) >= 11 is 0. The Kier molecular flexibility index (Phi) is 5.12. The van der Waals surface area contributed by atoms with Crippen molar-refractivity contribution in [2.75, 3.05) is 13.6 Å². The van der Waals surface area contributed by atoms with Gasteiger partial charge in [-0.1, -0.05) is 0 Å². The molecule has 3 rings (SSSR count). The smallest absolute Gasteiger partial charge is 0.221 e. The van der Waals surface area contributed by atoms with Crippen molar-refractivity contribution in [3.63, 3.8) is 0 Å². The highest BCUT2D eigenvalue weighted by Crippen LogP contribution is 2.22. The maximum absolute atomic E-state index is 11.9. The molecular weight excluding hydrogens is 292 g/mol. The van der Waals surface area contributed by atoms with Gasteiger partial charge in [-0.15, -0.1) is 0 Å². The number of aromatic nitrogens is 2. The van der Waals surface area contributed by atoms with E-state index in [9.17, 15) is 4.79 Å². The fourth-order valence-electron chi connectivity index (χ4n) is 2.99. The van der Waals surface area contributed by atoms with E-state index in [4.69, 9.17) is 4.42 Å². The van der Waals surface area contributed by atoms with Crippen molar-refractivity contribution in [1.29, 1.82) is 0 Å². The number of hydrogen-bond acceptors (Lipinski definition) is 4. The van der Waals surface area contributed by atoms with Gasteiger partial charge in [0.2, 0.25) is 5.91 Å². The molecule has 23 heavy (non-hydrogen) atoms. The van der Waals surface area contributed by atoms with Crippen LogP contribution in [0.1, 0.15) is 42.0 Å². The van der Waals surface area contributed by atoms with Crippen LogP contribution in [0.3, 0.4) is 0 Å². The molecule has 1 aliphatic carbocycles. The largest absolute Gasteiger partial charge is 0.467 e. The number of nitrogens with one attached hydrogen (secondary N) is 2. The number of hydrogen-bond donors (Lipinski definition) is 2. The van der Waals surface area contributed by atoms with Gasteiger partial charge in [-0.2, -0.15) is 5.10 Å². The zero-order chi connectivity index (χ0) is 16.1. The van der Waals surface area contributed by atoms with Crippen molar-refractivity contribution in [2.45, 2.75) is 45.2 Å². The number of nitrogens with zero attached hydrogens (tertiary/aromatic N) is 2. The summed E-state index contributed by atoms with van der Waals surface area (Å²) in [6, 6.07) is 3.67. The molecule has 2 aromatic rings. The fraction of sp³-hybridized carbons (Fsp3) is 0.529. The van der Waals surface area contributed by atoms with E-state index < -0.39 is 0 Å². The number of H-pyrrole nitrogens is 1. The van der Waals surface area contributed by atoms with E-state index in [-0.39, 0.29) is 5.91 Å². The second-order valence-corrected chi connectivity index (χ2v) is 6.18. The zero-order valence-electron chi connectivity index (χ0n) is 13.6. The highest BCUT2D eigenvalue weighted by molar-refractivity contribution is 5.75. The minimum absolute atomic E-state index is 0.0392. The maximum atomic E-state index is 11.9. The van der Waals surface area contributed by atoms with Crippen molar-refractivity contribution in [1.82, 2.24) is 20.4 Å². The van der Waals surface area contributed by atoms with E-state index in [0.717, 1.165) is 30.8 Å². The number of amides is 1. The van der Waals surface area contributed by atoms with Crippen LogP contribution in [-0.2, 0) is 30.7 Å². The van der Waals surface area contributed by atoms with Gasteiger partial charge in [0.25, 0.3) is 0 Å². The fourth-order valence-corrected chi connectivity index (χ4v) is 2.99. The number of fused-ring (bicyclic) bond motifs is 1. The molecular formula is C17H24N4O2. The molecule has 1 amide bonds. The predicted molar refractivity (Wildman–Crippen MR) is 86.7 cm³/mol. The first-order valence-electron chi connectivity index (χ1n) is 8.25. The van der Waals surface area contributed by atoms with Gasteiger partial charge in [-0.05, 0) is 50.4 Å². The monoisotopic (exact) mass is 316 g/mol. The first kappa shape index (κ1) is 15.8. The first-order valence-corrected chi connectivity index (χ1v) is 8.25. The number of aromatic amines is 1. The summed E-state index contributed by atoms with van der Waals surface area (Å²) in [4.78, 5) is 14.0. The lowest BCUT2D eigenvalue weighted by atomic mass is 9.96. The van der Waals surface area contributed by atoms with Crippen LogP contribution in [0.5, 0.6) is 0 Å². The van der Waals surface area contributed by atoms with Crippen LogP contribution in [0.25, 0.3) is 0 Å². The molecule has 0 fully saturated rings. The molecule has 2 aromatic heterocycles. The quantitative estimate of drug-likeness (QED) is 0.819. The van der Waals surface area contributed by atoms with Crippen molar-refractivity contribution in [3.05, 3.63) is 41.1 Å². The van der Waals surface area contributed by atoms with Gasteiger partial charge in [-0.25, -0.2) is 0 Å². The normalized spacial score (nSPS) is 14.0. The molecule has 0 saturated heterocycles. The summed E-state index contributed by atoms with van der Waals surface area (Å²) in [6.45, 7) is 1.95. The summed E-state index contributed by atoms with van der Waals surface area (Å²) < 4.78 is 5.20. The van der Waals surface area contributed by atoms with Crippen molar-refractivity contribution in [2.24, 2.45) is 0 Å². The number of carbonyl (C=O) groups excluding carboxylic acids is 1. The van der Waals surface area contributed by atoms with Crippen molar-refractivity contribution >= 4 is 5.91 Å². The number of carbonyl (C=O) groups is 1. The molecule has 0 radical (unpaired) electrons. The molecule has 0 aromatic carbocycles. The molecule has 124 valence electrons.